The Kier molecular flexibility index (Phi) is 4.24. The average molecular weight is 275 g/mol. The summed E-state index contributed by atoms with van der Waals surface area (Å²) in [5.74, 6) is -0.861. The summed E-state index contributed by atoms with van der Waals surface area (Å²) in [6.07, 6.45) is 2.31. The summed E-state index contributed by atoms with van der Waals surface area (Å²) in [4.78, 5) is 25.1. The fourth-order valence-corrected chi connectivity index (χ4v) is 1.96. The van der Waals surface area contributed by atoms with Crippen molar-refractivity contribution >= 4 is 28.6 Å². The Balaban J connectivity index is 1.92. The first kappa shape index (κ1) is 13.9. The van der Waals surface area contributed by atoms with Crippen molar-refractivity contribution < 1.29 is 14.7 Å². The SMILES string of the molecule is Cc1cc2cc[nH]c2cc1NC(=O)NCCCC(=O)O. The molecule has 0 saturated heterocycles. The molecule has 0 spiro atoms. The van der Waals surface area contributed by atoms with Gasteiger partial charge in [0.25, 0.3) is 0 Å². The van der Waals surface area contributed by atoms with Gasteiger partial charge in [0.15, 0.2) is 0 Å². The van der Waals surface area contributed by atoms with E-state index in [1.165, 1.54) is 0 Å². The predicted molar refractivity (Wildman–Crippen MR) is 76.9 cm³/mol. The first-order valence-corrected chi connectivity index (χ1v) is 6.40. The van der Waals surface area contributed by atoms with E-state index in [9.17, 15) is 9.59 Å². The van der Waals surface area contributed by atoms with Gasteiger partial charge in [-0.25, -0.2) is 4.79 Å². The highest BCUT2D eigenvalue weighted by Crippen LogP contribution is 2.22. The molecule has 6 nitrogen and oxygen atoms in total. The van der Waals surface area contributed by atoms with Crippen molar-refractivity contribution in [1.82, 2.24) is 10.3 Å². The summed E-state index contributed by atoms with van der Waals surface area (Å²) in [6, 6.07) is 5.51. The molecule has 0 aliphatic heterocycles. The second-order valence-electron chi connectivity index (χ2n) is 4.61. The number of aliphatic carboxylic acids is 1. The molecule has 106 valence electrons. The molecule has 0 fully saturated rings. The van der Waals surface area contributed by atoms with E-state index in [0.29, 0.717) is 13.0 Å². The van der Waals surface area contributed by atoms with Crippen LogP contribution in [-0.4, -0.2) is 28.6 Å². The molecule has 0 aliphatic carbocycles. The molecular formula is C14H17N3O3. The Labute approximate surface area is 116 Å². The van der Waals surface area contributed by atoms with Crippen LogP contribution in [0.2, 0.25) is 0 Å². The lowest BCUT2D eigenvalue weighted by Gasteiger charge is -2.10. The first-order valence-electron chi connectivity index (χ1n) is 6.40. The Morgan fingerprint density at radius 2 is 2.15 bits per heavy atom. The van der Waals surface area contributed by atoms with E-state index in [1.807, 2.05) is 31.3 Å². The number of aromatic nitrogens is 1. The number of benzene rings is 1. The monoisotopic (exact) mass is 275 g/mol. The molecule has 1 aromatic heterocycles. The van der Waals surface area contributed by atoms with Gasteiger partial charge < -0.3 is 20.7 Å². The quantitative estimate of drug-likeness (QED) is 0.631. The van der Waals surface area contributed by atoms with Crippen LogP contribution in [0.4, 0.5) is 10.5 Å². The normalized spacial score (nSPS) is 10.4. The molecule has 2 amide bonds. The molecule has 0 bridgehead atoms. The van der Waals surface area contributed by atoms with Gasteiger partial charge in [-0.05, 0) is 42.5 Å². The maximum Gasteiger partial charge on any atom is 0.319 e. The summed E-state index contributed by atoms with van der Waals surface area (Å²) >= 11 is 0. The van der Waals surface area contributed by atoms with E-state index in [1.54, 1.807) is 0 Å². The lowest BCUT2D eigenvalue weighted by Crippen LogP contribution is -2.30. The number of carboxylic acid groups (broad SMARTS) is 1. The molecule has 0 saturated carbocycles. The molecule has 0 aliphatic rings. The van der Waals surface area contributed by atoms with Crippen LogP contribution in [0.15, 0.2) is 24.4 Å². The molecule has 4 N–H and O–H groups in total. The van der Waals surface area contributed by atoms with E-state index < -0.39 is 5.97 Å². The number of fused-ring (bicyclic) bond motifs is 1. The molecule has 2 rings (SSSR count). The molecule has 1 aromatic carbocycles. The number of hydrogen-bond acceptors (Lipinski definition) is 2. The molecule has 1 heterocycles. The van der Waals surface area contributed by atoms with Gasteiger partial charge >= 0.3 is 12.0 Å². The van der Waals surface area contributed by atoms with Crippen LogP contribution in [0.25, 0.3) is 10.9 Å². The average Bonchev–Trinajstić information content (AvgIpc) is 2.82. The van der Waals surface area contributed by atoms with Crippen LogP contribution in [0.3, 0.4) is 0 Å². The van der Waals surface area contributed by atoms with E-state index in [2.05, 4.69) is 15.6 Å². The highest BCUT2D eigenvalue weighted by molar-refractivity contribution is 5.94. The predicted octanol–water partition coefficient (Wildman–Crippen LogP) is 2.46. The molecule has 0 atom stereocenters. The van der Waals surface area contributed by atoms with Gasteiger partial charge in [0.2, 0.25) is 0 Å². The van der Waals surface area contributed by atoms with Gasteiger partial charge in [-0.2, -0.15) is 0 Å². The number of nitrogens with one attached hydrogen (secondary N) is 3. The summed E-state index contributed by atoms with van der Waals surface area (Å²) in [5.41, 5.74) is 2.66. The number of anilines is 1. The zero-order valence-electron chi connectivity index (χ0n) is 11.2. The van der Waals surface area contributed by atoms with Crippen molar-refractivity contribution in [2.45, 2.75) is 19.8 Å². The molecule has 6 heteroatoms. The van der Waals surface area contributed by atoms with Crippen molar-refractivity contribution in [3.05, 3.63) is 30.0 Å². The highest BCUT2D eigenvalue weighted by Gasteiger charge is 2.06. The van der Waals surface area contributed by atoms with E-state index in [-0.39, 0.29) is 12.5 Å². The van der Waals surface area contributed by atoms with Gasteiger partial charge in [-0.1, -0.05) is 0 Å². The number of carboxylic acids is 1. The largest absolute Gasteiger partial charge is 0.481 e. The zero-order valence-corrected chi connectivity index (χ0v) is 11.2. The van der Waals surface area contributed by atoms with E-state index >= 15 is 0 Å². The fourth-order valence-electron chi connectivity index (χ4n) is 1.96. The molecule has 20 heavy (non-hydrogen) atoms. The Bertz CT molecular complexity index is 634. The lowest BCUT2D eigenvalue weighted by atomic mass is 10.1. The lowest BCUT2D eigenvalue weighted by molar-refractivity contribution is -0.137. The third-order valence-electron chi connectivity index (χ3n) is 3.00. The van der Waals surface area contributed by atoms with Crippen molar-refractivity contribution in [3.8, 4) is 0 Å². The van der Waals surface area contributed by atoms with Crippen LogP contribution in [-0.2, 0) is 4.79 Å². The number of hydrogen-bond donors (Lipinski definition) is 4. The van der Waals surface area contributed by atoms with Crippen molar-refractivity contribution in [1.29, 1.82) is 0 Å². The first-order chi connectivity index (χ1) is 9.56. The number of rotatable bonds is 5. The third kappa shape index (κ3) is 3.50. The van der Waals surface area contributed by atoms with Gasteiger partial charge in [0, 0.05) is 30.4 Å². The molecule has 2 aromatic rings. The second-order valence-corrected chi connectivity index (χ2v) is 4.61. The number of aromatic amines is 1. The number of amides is 2. The summed E-state index contributed by atoms with van der Waals surface area (Å²) in [5, 5.41) is 15.0. The summed E-state index contributed by atoms with van der Waals surface area (Å²) in [6.45, 7) is 2.26. The van der Waals surface area contributed by atoms with Crippen LogP contribution in [0, 0.1) is 6.92 Å². The third-order valence-corrected chi connectivity index (χ3v) is 3.00. The topological polar surface area (TPSA) is 94.2 Å². The van der Waals surface area contributed by atoms with Crippen LogP contribution in [0.1, 0.15) is 18.4 Å². The maximum absolute atomic E-state index is 11.7. The Morgan fingerprint density at radius 3 is 2.90 bits per heavy atom. The Morgan fingerprint density at radius 1 is 1.35 bits per heavy atom. The van der Waals surface area contributed by atoms with Crippen LogP contribution >= 0.6 is 0 Å². The standard InChI is InChI=1S/C14H17N3O3/c1-9-7-10-4-6-15-12(10)8-11(9)17-14(20)16-5-2-3-13(18)19/h4,6-8,15H,2-3,5H2,1H3,(H,18,19)(H2,16,17,20). The van der Waals surface area contributed by atoms with Crippen molar-refractivity contribution in [2.24, 2.45) is 0 Å². The highest BCUT2D eigenvalue weighted by atomic mass is 16.4. The smallest absolute Gasteiger partial charge is 0.319 e. The van der Waals surface area contributed by atoms with Crippen LogP contribution in [0.5, 0.6) is 0 Å². The fraction of sp³-hybridized carbons (Fsp3) is 0.286. The minimum atomic E-state index is -0.861. The van der Waals surface area contributed by atoms with Crippen molar-refractivity contribution in [2.75, 3.05) is 11.9 Å². The second kappa shape index (κ2) is 6.10. The minimum absolute atomic E-state index is 0.0493. The molecule has 0 radical (unpaired) electrons. The Hall–Kier alpha value is -2.50. The van der Waals surface area contributed by atoms with Crippen molar-refractivity contribution in [3.63, 3.8) is 0 Å². The summed E-state index contributed by atoms with van der Waals surface area (Å²) < 4.78 is 0. The number of urea groups is 1. The van der Waals surface area contributed by atoms with Gasteiger partial charge in [0.1, 0.15) is 0 Å². The molecule has 0 unspecified atom stereocenters. The van der Waals surface area contributed by atoms with Gasteiger partial charge in [-0.15, -0.1) is 0 Å². The molecular weight excluding hydrogens is 258 g/mol. The maximum atomic E-state index is 11.7. The van der Waals surface area contributed by atoms with E-state index in [4.69, 9.17) is 5.11 Å². The van der Waals surface area contributed by atoms with Gasteiger partial charge in [-0.3, -0.25) is 4.79 Å². The van der Waals surface area contributed by atoms with E-state index in [0.717, 1.165) is 22.2 Å². The van der Waals surface area contributed by atoms with Gasteiger partial charge in [0.05, 0.1) is 0 Å². The van der Waals surface area contributed by atoms with Crippen LogP contribution < -0.4 is 10.6 Å². The minimum Gasteiger partial charge on any atom is -0.481 e. The summed E-state index contributed by atoms with van der Waals surface area (Å²) in [7, 11) is 0. The zero-order chi connectivity index (χ0) is 14.5. The number of H-pyrrole nitrogens is 1. The number of carbonyl (C=O) groups is 2. The number of carbonyl (C=O) groups excluding carboxylic acids is 1. The number of aryl methyl sites for hydroxylation is 1.